The van der Waals surface area contributed by atoms with E-state index in [0.717, 1.165) is 0 Å². The van der Waals surface area contributed by atoms with Crippen LogP contribution in [-0.4, -0.2) is 0 Å². The summed E-state index contributed by atoms with van der Waals surface area (Å²) in [6.07, 6.45) is 6.20. The summed E-state index contributed by atoms with van der Waals surface area (Å²) in [5, 5.41) is 0. The molecule has 1 aliphatic carbocycles. The summed E-state index contributed by atoms with van der Waals surface area (Å²) in [6.45, 7) is 9.25. The van der Waals surface area contributed by atoms with E-state index in [-0.39, 0.29) is 0 Å². The Balaban J connectivity index is 2.24. The molecule has 0 saturated carbocycles. The summed E-state index contributed by atoms with van der Waals surface area (Å²) in [6, 6.07) is 9.07. The molecule has 0 bridgehead atoms. The maximum Gasteiger partial charge on any atom is -0.0219 e. The minimum atomic E-state index is 0.499. The molecule has 0 aromatic heterocycles. The van der Waals surface area contributed by atoms with Gasteiger partial charge in [-0.1, -0.05) is 58.0 Å². The highest BCUT2D eigenvalue weighted by molar-refractivity contribution is 5.67. The van der Waals surface area contributed by atoms with Gasteiger partial charge in [-0.3, -0.25) is 0 Å². The molecule has 0 heterocycles. The van der Waals surface area contributed by atoms with Crippen LogP contribution in [0, 0.1) is 5.41 Å². The summed E-state index contributed by atoms with van der Waals surface area (Å²) in [4.78, 5) is 0. The molecule has 2 rings (SSSR count). The number of hydrogen-bond acceptors (Lipinski definition) is 0. The average molecular weight is 228 g/mol. The first-order valence-corrected chi connectivity index (χ1v) is 6.77. The Morgan fingerprint density at radius 2 is 1.94 bits per heavy atom. The van der Waals surface area contributed by atoms with Gasteiger partial charge in [0.05, 0.1) is 0 Å². The first kappa shape index (κ1) is 12.4. The van der Waals surface area contributed by atoms with Gasteiger partial charge in [-0.25, -0.2) is 0 Å². The largest absolute Gasteiger partial charge is 0.0802 e. The molecule has 1 aliphatic rings. The van der Waals surface area contributed by atoms with Gasteiger partial charge < -0.3 is 0 Å². The molecular weight excluding hydrogens is 204 g/mol. The van der Waals surface area contributed by atoms with Crippen LogP contribution in [0.15, 0.2) is 30.3 Å². The molecule has 0 unspecified atom stereocenters. The lowest BCUT2D eigenvalue weighted by Gasteiger charge is -2.29. The highest BCUT2D eigenvalue weighted by Crippen LogP contribution is 2.38. The van der Waals surface area contributed by atoms with E-state index in [1.54, 1.807) is 5.57 Å². The molecule has 0 aliphatic heterocycles. The van der Waals surface area contributed by atoms with Crippen molar-refractivity contribution in [3.8, 4) is 0 Å². The Kier molecular flexibility index (Phi) is 3.42. The van der Waals surface area contributed by atoms with Gasteiger partial charge in [-0.2, -0.15) is 0 Å². The first-order chi connectivity index (χ1) is 7.98. The fourth-order valence-corrected chi connectivity index (χ4v) is 2.44. The summed E-state index contributed by atoms with van der Waals surface area (Å²) in [5.74, 6) is 0.621. The van der Waals surface area contributed by atoms with Crippen molar-refractivity contribution in [1.29, 1.82) is 0 Å². The Morgan fingerprint density at radius 1 is 1.18 bits per heavy atom. The lowest BCUT2D eigenvalue weighted by Crippen LogP contribution is -2.14. The highest BCUT2D eigenvalue weighted by Gasteiger charge is 2.21. The van der Waals surface area contributed by atoms with Crippen LogP contribution in [0.5, 0.6) is 0 Å². The number of allylic oxidation sites excluding steroid dienone is 2. The quantitative estimate of drug-likeness (QED) is 0.635. The standard InChI is InChI=1S/C17H24/c1-13(2)15-6-5-7-16(12-15)14-8-10-17(3,4)11-9-14/h5-8,12-13H,9-11H2,1-4H3. The van der Waals surface area contributed by atoms with Crippen molar-refractivity contribution in [3.63, 3.8) is 0 Å². The molecule has 0 radical (unpaired) electrons. The molecule has 0 saturated heterocycles. The van der Waals surface area contributed by atoms with E-state index in [2.05, 4.69) is 58.0 Å². The van der Waals surface area contributed by atoms with Gasteiger partial charge in [0.25, 0.3) is 0 Å². The molecule has 1 aromatic carbocycles. The second-order valence-corrected chi connectivity index (χ2v) is 6.38. The third kappa shape index (κ3) is 3.00. The smallest absolute Gasteiger partial charge is 0.0219 e. The van der Waals surface area contributed by atoms with E-state index in [4.69, 9.17) is 0 Å². The number of hydrogen-bond donors (Lipinski definition) is 0. The molecule has 0 heteroatoms. The molecular formula is C17H24. The molecule has 17 heavy (non-hydrogen) atoms. The fraction of sp³-hybridized carbons (Fsp3) is 0.529. The van der Waals surface area contributed by atoms with Crippen LogP contribution in [0.1, 0.15) is 64.0 Å². The van der Waals surface area contributed by atoms with Crippen molar-refractivity contribution >= 4 is 5.57 Å². The Hall–Kier alpha value is -1.04. The molecule has 0 nitrogen and oxygen atoms in total. The van der Waals surface area contributed by atoms with Crippen molar-refractivity contribution in [3.05, 3.63) is 41.5 Å². The summed E-state index contributed by atoms with van der Waals surface area (Å²) >= 11 is 0. The van der Waals surface area contributed by atoms with Crippen molar-refractivity contribution in [2.45, 2.75) is 52.9 Å². The first-order valence-electron chi connectivity index (χ1n) is 6.77. The van der Waals surface area contributed by atoms with E-state index in [1.165, 1.54) is 30.4 Å². The summed E-state index contributed by atoms with van der Waals surface area (Å²) < 4.78 is 0. The van der Waals surface area contributed by atoms with Crippen LogP contribution in [0.25, 0.3) is 5.57 Å². The normalized spacial score (nSPS) is 19.2. The lowest BCUT2D eigenvalue weighted by molar-refractivity contribution is 0.335. The topological polar surface area (TPSA) is 0 Å². The van der Waals surface area contributed by atoms with Gasteiger partial charge in [0.2, 0.25) is 0 Å². The Labute approximate surface area is 106 Å². The molecule has 0 fully saturated rings. The van der Waals surface area contributed by atoms with Crippen LogP contribution in [0.3, 0.4) is 0 Å². The summed E-state index contributed by atoms with van der Waals surface area (Å²) in [7, 11) is 0. The van der Waals surface area contributed by atoms with Crippen molar-refractivity contribution in [2.24, 2.45) is 5.41 Å². The van der Waals surface area contributed by atoms with Gasteiger partial charge in [-0.05, 0) is 47.3 Å². The predicted octanol–water partition coefficient (Wildman–Crippen LogP) is 5.40. The third-order valence-corrected chi connectivity index (χ3v) is 3.90. The average Bonchev–Trinajstić information content (AvgIpc) is 2.29. The SMILES string of the molecule is CC(C)c1cccc(C2=CCC(C)(C)CC2)c1. The molecule has 1 aromatic rings. The number of benzene rings is 1. The predicted molar refractivity (Wildman–Crippen MR) is 76.1 cm³/mol. The van der Waals surface area contributed by atoms with E-state index >= 15 is 0 Å². The van der Waals surface area contributed by atoms with Crippen LogP contribution in [-0.2, 0) is 0 Å². The second-order valence-electron chi connectivity index (χ2n) is 6.38. The molecule has 0 amide bonds. The zero-order valence-electron chi connectivity index (χ0n) is 11.6. The third-order valence-electron chi connectivity index (χ3n) is 3.90. The van der Waals surface area contributed by atoms with Gasteiger partial charge in [0.15, 0.2) is 0 Å². The fourth-order valence-electron chi connectivity index (χ4n) is 2.44. The minimum absolute atomic E-state index is 0.499. The van der Waals surface area contributed by atoms with Gasteiger partial charge in [0.1, 0.15) is 0 Å². The zero-order chi connectivity index (χ0) is 12.5. The van der Waals surface area contributed by atoms with Gasteiger partial charge in [-0.15, -0.1) is 0 Å². The second kappa shape index (κ2) is 4.68. The van der Waals surface area contributed by atoms with Crippen molar-refractivity contribution < 1.29 is 0 Å². The molecule has 0 N–H and O–H groups in total. The Bertz CT molecular complexity index is 421. The number of rotatable bonds is 2. The van der Waals surface area contributed by atoms with Crippen molar-refractivity contribution in [1.82, 2.24) is 0 Å². The maximum absolute atomic E-state index is 2.45. The van der Waals surface area contributed by atoms with E-state index in [9.17, 15) is 0 Å². The van der Waals surface area contributed by atoms with Crippen LogP contribution in [0.2, 0.25) is 0 Å². The maximum atomic E-state index is 2.45. The molecule has 0 atom stereocenters. The van der Waals surface area contributed by atoms with E-state index < -0.39 is 0 Å². The van der Waals surface area contributed by atoms with Gasteiger partial charge in [0, 0.05) is 0 Å². The Morgan fingerprint density at radius 3 is 2.53 bits per heavy atom. The monoisotopic (exact) mass is 228 g/mol. The van der Waals surface area contributed by atoms with Crippen molar-refractivity contribution in [2.75, 3.05) is 0 Å². The van der Waals surface area contributed by atoms with Gasteiger partial charge >= 0.3 is 0 Å². The zero-order valence-corrected chi connectivity index (χ0v) is 11.6. The molecule has 0 spiro atoms. The van der Waals surface area contributed by atoms with Crippen LogP contribution in [0.4, 0.5) is 0 Å². The lowest BCUT2D eigenvalue weighted by atomic mass is 9.77. The van der Waals surface area contributed by atoms with Crippen LogP contribution < -0.4 is 0 Å². The van der Waals surface area contributed by atoms with E-state index in [0.29, 0.717) is 11.3 Å². The van der Waals surface area contributed by atoms with E-state index in [1.807, 2.05) is 0 Å². The van der Waals surface area contributed by atoms with Crippen LogP contribution >= 0.6 is 0 Å². The summed E-state index contributed by atoms with van der Waals surface area (Å²) in [5.41, 5.74) is 4.94. The highest BCUT2D eigenvalue weighted by atomic mass is 14.3. The minimum Gasteiger partial charge on any atom is -0.0802 e. The molecule has 92 valence electrons.